The van der Waals surface area contributed by atoms with Crippen molar-refractivity contribution in [2.75, 3.05) is 10.6 Å². The Morgan fingerprint density at radius 2 is 1.03 bits per heavy atom. The van der Waals surface area contributed by atoms with Crippen LogP contribution in [0, 0.1) is 6.08 Å². The molecule has 0 aliphatic carbocycles. The molecule has 170 valence electrons. The van der Waals surface area contributed by atoms with Crippen molar-refractivity contribution in [2.45, 2.75) is 115 Å². The summed E-state index contributed by atoms with van der Waals surface area (Å²) in [5, 5.41) is 14.5. The van der Waals surface area contributed by atoms with Gasteiger partial charge in [0.15, 0.2) is 11.6 Å². The number of anilines is 2. The molecule has 0 aromatic carbocycles. The summed E-state index contributed by atoms with van der Waals surface area (Å²) in [6.45, 7) is 17.4. The van der Waals surface area contributed by atoms with E-state index in [1.165, 1.54) is 0 Å². The van der Waals surface area contributed by atoms with E-state index >= 15 is 0 Å². The van der Waals surface area contributed by atoms with Gasteiger partial charge in [0.1, 0.15) is 5.02 Å². The Bertz CT molecular complexity index is 699. The van der Waals surface area contributed by atoms with E-state index in [1.807, 2.05) is 0 Å². The maximum atomic E-state index is 14.3. The second-order valence-corrected chi connectivity index (χ2v) is 12.2. The zero-order valence-corrected chi connectivity index (χ0v) is 20.4. The van der Waals surface area contributed by atoms with Crippen molar-refractivity contribution in [3.8, 4) is 0 Å². The molecule has 2 saturated heterocycles. The van der Waals surface area contributed by atoms with Gasteiger partial charge in [-0.25, -0.2) is 0 Å². The lowest BCUT2D eigenvalue weighted by atomic mass is 9.79. The summed E-state index contributed by atoms with van der Waals surface area (Å²) in [7, 11) is 0. The SMILES string of the molecule is CC1(C)CC(Nc2nc(F)nc(NC3CC(C)(C)NC(C)(C)C3)c2Cl)CC(C)(C)N1. The van der Waals surface area contributed by atoms with Crippen LogP contribution in [0.3, 0.4) is 0 Å². The molecule has 0 spiro atoms. The van der Waals surface area contributed by atoms with Crippen molar-refractivity contribution in [1.29, 1.82) is 0 Å². The van der Waals surface area contributed by atoms with E-state index in [0.717, 1.165) is 25.7 Å². The third kappa shape index (κ3) is 5.95. The highest BCUT2D eigenvalue weighted by atomic mass is 35.5. The molecule has 3 heterocycles. The lowest BCUT2D eigenvalue weighted by Crippen LogP contribution is -2.60. The smallest absolute Gasteiger partial charge is 0.312 e. The number of piperidine rings is 2. The molecule has 2 fully saturated rings. The van der Waals surface area contributed by atoms with Crippen molar-refractivity contribution >= 4 is 23.2 Å². The van der Waals surface area contributed by atoms with Crippen molar-refractivity contribution in [3.63, 3.8) is 0 Å². The van der Waals surface area contributed by atoms with E-state index in [0.29, 0.717) is 16.7 Å². The summed E-state index contributed by atoms with van der Waals surface area (Å²) in [6, 6.07) is 0.264. The third-order valence-electron chi connectivity index (χ3n) is 5.89. The van der Waals surface area contributed by atoms with Gasteiger partial charge in [0.25, 0.3) is 0 Å². The Kier molecular flexibility index (Phi) is 6.06. The zero-order chi connectivity index (χ0) is 22.5. The van der Waals surface area contributed by atoms with Crippen LogP contribution in [-0.2, 0) is 0 Å². The van der Waals surface area contributed by atoms with Crippen LogP contribution in [0.1, 0.15) is 81.1 Å². The lowest BCUT2D eigenvalue weighted by molar-refractivity contribution is 0.170. The van der Waals surface area contributed by atoms with Crippen LogP contribution in [0.15, 0.2) is 0 Å². The predicted molar refractivity (Wildman–Crippen MR) is 123 cm³/mol. The highest BCUT2D eigenvalue weighted by Crippen LogP contribution is 2.36. The van der Waals surface area contributed by atoms with Crippen LogP contribution in [0.5, 0.6) is 0 Å². The van der Waals surface area contributed by atoms with Gasteiger partial charge in [-0.05, 0) is 81.1 Å². The molecular formula is C22H38ClFN6. The molecule has 0 radical (unpaired) electrons. The highest BCUT2D eigenvalue weighted by molar-refractivity contribution is 6.35. The number of rotatable bonds is 4. The summed E-state index contributed by atoms with van der Waals surface area (Å²) in [6.07, 6.45) is 2.77. The fourth-order valence-corrected chi connectivity index (χ4v) is 6.04. The van der Waals surface area contributed by atoms with Gasteiger partial charge < -0.3 is 21.3 Å². The van der Waals surface area contributed by atoms with Crippen LogP contribution in [0.2, 0.25) is 5.02 Å². The standard InChI is InChI=1S/C22H38ClFN6/c1-19(2)9-13(10-20(3,4)29-19)25-16-15(23)17(28-18(24)27-16)26-14-11-21(5,6)30-22(7,8)12-14/h13-14,29-30H,9-12H2,1-8H3,(H2,25,26,27,28). The Labute approximate surface area is 185 Å². The second-order valence-electron chi connectivity index (χ2n) is 11.8. The van der Waals surface area contributed by atoms with Crippen molar-refractivity contribution in [2.24, 2.45) is 0 Å². The van der Waals surface area contributed by atoms with Crippen molar-refractivity contribution < 1.29 is 4.39 Å². The molecule has 2 aliphatic rings. The average Bonchev–Trinajstić information content (AvgIpc) is 2.45. The highest BCUT2D eigenvalue weighted by Gasteiger charge is 2.39. The molecule has 30 heavy (non-hydrogen) atoms. The van der Waals surface area contributed by atoms with Crippen molar-refractivity contribution in [1.82, 2.24) is 20.6 Å². The topological polar surface area (TPSA) is 73.9 Å². The minimum atomic E-state index is -0.774. The number of hydrogen-bond acceptors (Lipinski definition) is 6. The molecule has 6 nitrogen and oxygen atoms in total. The molecule has 4 N–H and O–H groups in total. The van der Waals surface area contributed by atoms with E-state index in [9.17, 15) is 4.39 Å². The monoisotopic (exact) mass is 440 g/mol. The van der Waals surface area contributed by atoms with Gasteiger partial charge in [-0.15, -0.1) is 0 Å². The molecule has 1 aromatic heterocycles. The molecule has 0 atom stereocenters. The van der Waals surface area contributed by atoms with Gasteiger partial charge >= 0.3 is 6.08 Å². The summed E-state index contributed by atoms with van der Waals surface area (Å²) in [5.74, 6) is 0.718. The first-order chi connectivity index (χ1) is 13.5. The predicted octanol–water partition coefficient (Wildman–Crippen LogP) is 4.71. The van der Waals surface area contributed by atoms with Gasteiger partial charge in [-0.1, -0.05) is 11.6 Å². The molecule has 0 saturated carbocycles. The molecule has 2 aliphatic heterocycles. The first-order valence-electron chi connectivity index (χ1n) is 10.9. The number of aromatic nitrogens is 2. The molecule has 3 rings (SSSR count). The number of nitrogens with one attached hydrogen (secondary N) is 4. The Hall–Kier alpha value is -1.18. The zero-order valence-electron chi connectivity index (χ0n) is 19.6. The van der Waals surface area contributed by atoms with E-state index in [4.69, 9.17) is 11.6 Å². The molecule has 0 amide bonds. The summed E-state index contributed by atoms with van der Waals surface area (Å²) < 4.78 is 14.3. The molecular weight excluding hydrogens is 403 g/mol. The third-order valence-corrected chi connectivity index (χ3v) is 6.24. The number of hydrogen-bond donors (Lipinski definition) is 4. The fraction of sp³-hybridized carbons (Fsp3) is 0.818. The number of nitrogens with zero attached hydrogens (tertiary/aromatic N) is 2. The van der Waals surface area contributed by atoms with Gasteiger partial charge in [-0.2, -0.15) is 14.4 Å². The Balaban J connectivity index is 1.80. The Morgan fingerprint density at radius 1 is 0.733 bits per heavy atom. The van der Waals surface area contributed by atoms with E-state index < -0.39 is 6.08 Å². The summed E-state index contributed by atoms with van der Waals surface area (Å²) >= 11 is 6.66. The fourth-order valence-electron chi connectivity index (χ4n) is 5.85. The largest absolute Gasteiger partial charge is 0.366 e. The van der Waals surface area contributed by atoms with E-state index in [-0.39, 0.29) is 34.2 Å². The van der Waals surface area contributed by atoms with Gasteiger partial charge in [0, 0.05) is 34.2 Å². The van der Waals surface area contributed by atoms with Crippen LogP contribution in [0.25, 0.3) is 0 Å². The lowest BCUT2D eigenvalue weighted by Gasteiger charge is -2.47. The first-order valence-corrected chi connectivity index (χ1v) is 11.3. The van der Waals surface area contributed by atoms with Crippen LogP contribution < -0.4 is 21.3 Å². The minimum absolute atomic E-state index is 0.0369. The molecule has 8 heteroatoms. The van der Waals surface area contributed by atoms with Gasteiger partial charge in [0.05, 0.1) is 0 Å². The first kappa shape index (κ1) is 23.5. The van der Waals surface area contributed by atoms with Crippen LogP contribution in [-0.4, -0.2) is 44.2 Å². The maximum Gasteiger partial charge on any atom is 0.312 e. The van der Waals surface area contributed by atoms with Crippen LogP contribution in [0.4, 0.5) is 16.0 Å². The van der Waals surface area contributed by atoms with Crippen molar-refractivity contribution in [3.05, 3.63) is 11.1 Å². The normalized spacial score (nSPS) is 25.7. The van der Waals surface area contributed by atoms with Gasteiger partial charge in [0.2, 0.25) is 0 Å². The summed E-state index contributed by atoms with van der Waals surface area (Å²) in [4.78, 5) is 7.96. The van der Waals surface area contributed by atoms with Gasteiger partial charge in [-0.3, -0.25) is 0 Å². The molecule has 0 unspecified atom stereocenters. The van der Waals surface area contributed by atoms with E-state index in [2.05, 4.69) is 86.6 Å². The average molecular weight is 441 g/mol. The van der Waals surface area contributed by atoms with Crippen LogP contribution >= 0.6 is 11.6 Å². The summed E-state index contributed by atoms with van der Waals surface area (Å²) in [5.41, 5.74) is -0.148. The maximum absolute atomic E-state index is 14.3. The minimum Gasteiger partial charge on any atom is -0.366 e. The number of halogens is 2. The molecule has 1 aromatic rings. The Morgan fingerprint density at radius 3 is 1.33 bits per heavy atom. The molecule has 0 bridgehead atoms. The second kappa shape index (κ2) is 7.75. The van der Waals surface area contributed by atoms with E-state index in [1.54, 1.807) is 0 Å². The quantitative estimate of drug-likeness (QED) is 0.508.